The number of hydrogen-bond donors (Lipinski definition) is 3. The van der Waals surface area contributed by atoms with Crippen molar-refractivity contribution < 1.29 is 13.2 Å². The lowest BCUT2D eigenvalue weighted by Crippen LogP contribution is -2.50. The minimum Gasteiger partial charge on any atom is -0.368 e. The summed E-state index contributed by atoms with van der Waals surface area (Å²) in [6.45, 7) is 5.13. The fraction of sp³-hybridized carbons (Fsp3) is 0.588. The van der Waals surface area contributed by atoms with Crippen LogP contribution in [0.25, 0.3) is 11.0 Å². The predicted molar refractivity (Wildman–Crippen MR) is 96.8 cm³/mol. The number of aromatic nitrogens is 3. The van der Waals surface area contributed by atoms with Crippen LogP contribution in [0.4, 0.5) is 24.9 Å². The highest BCUT2D eigenvalue weighted by Crippen LogP contribution is 2.26. The van der Waals surface area contributed by atoms with Gasteiger partial charge in [-0.05, 0) is 32.4 Å². The molecule has 0 spiro atoms. The monoisotopic (exact) mass is 370 g/mol. The lowest BCUT2D eigenvalue weighted by atomic mass is 9.94. The summed E-state index contributed by atoms with van der Waals surface area (Å²) in [5.74, 6) is 0.510. The Hall–Kier alpha value is -2.16. The van der Waals surface area contributed by atoms with Crippen LogP contribution in [0.1, 0.15) is 40.0 Å². The molecule has 9 heteroatoms. The van der Waals surface area contributed by atoms with Crippen LogP contribution in [0.2, 0.25) is 0 Å². The molecule has 2 heterocycles. The SMILES string of the molecule is CCCCC(C)(CN[C@@H](C)C(F)(F)F)Nc1nc(N)nc2cccnc12. The zero-order chi connectivity index (χ0) is 19.4. The Morgan fingerprint density at radius 3 is 2.65 bits per heavy atom. The summed E-state index contributed by atoms with van der Waals surface area (Å²) in [5, 5.41) is 5.83. The molecule has 0 amide bonds. The van der Waals surface area contributed by atoms with E-state index in [1.54, 1.807) is 18.3 Å². The fourth-order valence-corrected chi connectivity index (χ4v) is 2.61. The lowest BCUT2D eigenvalue weighted by molar-refractivity contribution is -0.151. The Kier molecular flexibility index (Phi) is 6.22. The normalized spacial score (nSPS) is 15.6. The molecule has 0 aliphatic rings. The summed E-state index contributed by atoms with van der Waals surface area (Å²) in [6.07, 6.45) is -0.229. The van der Waals surface area contributed by atoms with Crippen LogP contribution in [0, 0.1) is 0 Å². The summed E-state index contributed by atoms with van der Waals surface area (Å²) in [7, 11) is 0. The van der Waals surface area contributed by atoms with Gasteiger partial charge in [-0.15, -0.1) is 0 Å². The molecular formula is C17H25F3N6. The van der Waals surface area contributed by atoms with E-state index in [4.69, 9.17) is 5.73 Å². The summed E-state index contributed by atoms with van der Waals surface area (Å²) in [4.78, 5) is 12.6. The third-order valence-corrected chi connectivity index (χ3v) is 4.26. The van der Waals surface area contributed by atoms with Crippen molar-refractivity contribution in [3.05, 3.63) is 18.3 Å². The molecule has 144 valence electrons. The second-order valence-electron chi connectivity index (χ2n) is 6.73. The van der Waals surface area contributed by atoms with Crippen molar-refractivity contribution in [1.82, 2.24) is 20.3 Å². The Morgan fingerprint density at radius 1 is 1.27 bits per heavy atom. The molecule has 2 rings (SSSR count). The number of pyridine rings is 1. The van der Waals surface area contributed by atoms with E-state index in [-0.39, 0.29) is 12.5 Å². The zero-order valence-electron chi connectivity index (χ0n) is 15.2. The Balaban J connectivity index is 2.27. The molecule has 2 aromatic rings. The molecule has 0 radical (unpaired) electrons. The third-order valence-electron chi connectivity index (χ3n) is 4.26. The second kappa shape index (κ2) is 8.03. The quantitative estimate of drug-likeness (QED) is 0.659. The number of nitrogens with two attached hydrogens (primary N) is 1. The molecule has 0 fully saturated rings. The molecule has 0 aliphatic carbocycles. The minimum absolute atomic E-state index is 0.0856. The van der Waals surface area contributed by atoms with Crippen molar-refractivity contribution in [3.8, 4) is 0 Å². The molecule has 0 saturated heterocycles. The van der Waals surface area contributed by atoms with Crippen LogP contribution in [0.5, 0.6) is 0 Å². The zero-order valence-corrected chi connectivity index (χ0v) is 15.2. The van der Waals surface area contributed by atoms with E-state index >= 15 is 0 Å². The largest absolute Gasteiger partial charge is 0.403 e. The number of rotatable bonds is 8. The highest BCUT2D eigenvalue weighted by molar-refractivity contribution is 5.86. The van der Waals surface area contributed by atoms with E-state index < -0.39 is 17.8 Å². The molecule has 0 saturated carbocycles. The van der Waals surface area contributed by atoms with Gasteiger partial charge in [0.25, 0.3) is 0 Å². The van der Waals surface area contributed by atoms with Gasteiger partial charge >= 0.3 is 6.18 Å². The second-order valence-corrected chi connectivity index (χ2v) is 6.73. The summed E-state index contributed by atoms with van der Waals surface area (Å²) in [5.41, 5.74) is 6.23. The Morgan fingerprint density at radius 2 is 2.00 bits per heavy atom. The molecular weight excluding hydrogens is 345 g/mol. The summed E-state index contributed by atoms with van der Waals surface area (Å²) in [6, 6.07) is 1.90. The standard InChI is InChI=1S/C17H25F3N6/c1-4-5-8-16(3,10-23-11(2)17(18,19)20)26-14-13-12(7-6-9-22-13)24-15(21)25-14/h6-7,9,11,23H,4-5,8,10H2,1-3H3,(H3,21,24,25,26)/t11-,16?/m0/s1. The smallest absolute Gasteiger partial charge is 0.368 e. The molecule has 6 nitrogen and oxygen atoms in total. The average molecular weight is 370 g/mol. The number of nitrogens with zero attached hydrogens (tertiary/aromatic N) is 3. The molecule has 2 atom stereocenters. The first-order chi connectivity index (χ1) is 12.1. The number of alkyl halides is 3. The van der Waals surface area contributed by atoms with Crippen molar-refractivity contribution >= 4 is 22.8 Å². The number of nitrogen functional groups attached to an aromatic ring is 1. The number of anilines is 2. The van der Waals surface area contributed by atoms with Gasteiger partial charge in [0.15, 0.2) is 5.82 Å². The summed E-state index contributed by atoms with van der Waals surface area (Å²) < 4.78 is 38.5. The molecule has 4 N–H and O–H groups in total. The van der Waals surface area contributed by atoms with Gasteiger partial charge in [-0.1, -0.05) is 19.8 Å². The molecule has 2 aromatic heterocycles. The van der Waals surface area contributed by atoms with Crippen LogP contribution in [0.3, 0.4) is 0 Å². The van der Waals surface area contributed by atoms with E-state index in [0.717, 1.165) is 19.8 Å². The van der Waals surface area contributed by atoms with Crippen LogP contribution < -0.4 is 16.4 Å². The van der Waals surface area contributed by atoms with Gasteiger partial charge in [0.1, 0.15) is 11.6 Å². The van der Waals surface area contributed by atoms with Gasteiger partial charge in [0.2, 0.25) is 5.95 Å². The topological polar surface area (TPSA) is 88.8 Å². The predicted octanol–water partition coefficient (Wildman–Crippen LogP) is 3.51. The molecule has 26 heavy (non-hydrogen) atoms. The highest BCUT2D eigenvalue weighted by atomic mass is 19.4. The van der Waals surface area contributed by atoms with E-state index in [1.165, 1.54) is 0 Å². The van der Waals surface area contributed by atoms with Gasteiger partial charge in [-0.2, -0.15) is 18.2 Å². The number of halogens is 3. The van der Waals surface area contributed by atoms with Gasteiger partial charge in [-0.3, -0.25) is 4.98 Å². The number of fused-ring (bicyclic) bond motifs is 1. The van der Waals surface area contributed by atoms with E-state index in [2.05, 4.69) is 25.6 Å². The number of unbranched alkanes of at least 4 members (excludes halogenated alkanes) is 1. The van der Waals surface area contributed by atoms with Crippen LogP contribution in [-0.2, 0) is 0 Å². The van der Waals surface area contributed by atoms with E-state index in [0.29, 0.717) is 23.3 Å². The van der Waals surface area contributed by atoms with Crippen molar-refractivity contribution in [3.63, 3.8) is 0 Å². The first-order valence-corrected chi connectivity index (χ1v) is 8.61. The maximum atomic E-state index is 12.8. The maximum Gasteiger partial charge on any atom is 0.403 e. The minimum atomic E-state index is -4.29. The fourth-order valence-electron chi connectivity index (χ4n) is 2.61. The molecule has 0 aromatic carbocycles. The van der Waals surface area contributed by atoms with Crippen molar-refractivity contribution in [2.24, 2.45) is 0 Å². The van der Waals surface area contributed by atoms with Crippen LogP contribution >= 0.6 is 0 Å². The first kappa shape index (κ1) is 20.2. The molecule has 1 unspecified atom stereocenters. The maximum absolute atomic E-state index is 12.8. The lowest BCUT2D eigenvalue weighted by Gasteiger charge is -2.33. The third kappa shape index (κ3) is 5.17. The first-order valence-electron chi connectivity index (χ1n) is 8.61. The molecule has 0 aliphatic heterocycles. The van der Waals surface area contributed by atoms with E-state index in [9.17, 15) is 13.2 Å². The van der Waals surface area contributed by atoms with Crippen LogP contribution in [0.15, 0.2) is 18.3 Å². The van der Waals surface area contributed by atoms with Gasteiger partial charge < -0.3 is 16.4 Å². The van der Waals surface area contributed by atoms with Gasteiger partial charge in [-0.25, -0.2) is 4.98 Å². The van der Waals surface area contributed by atoms with Crippen molar-refractivity contribution in [2.45, 2.75) is 57.8 Å². The highest BCUT2D eigenvalue weighted by Gasteiger charge is 2.37. The van der Waals surface area contributed by atoms with E-state index in [1.807, 2.05) is 13.8 Å². The Labute approximate surface area is 150 Å². The molecule has 0 bridgehead atoms. The van der Waals surface area contributed by atoms with Crippen molar-refractivity contribution in [1.29, 1.82) is 0 Å². The van der Waals surface area contributed by atoms with Gasteiger partial charge in [0, 0.05) is 18.3 Å². The van der Waals surface area contributed by atoms with Crippen molar-refractivity contribution in [2.75, 3.05) is 17.6 Å². The number of hydrogen-bond acceptors (Lipinski definition) is 6. The number of nitrogens with one attached hydrogen (secondary N) is 2. The average Bonchev–Trinajstić information content (AvgIpc) is 2.57. The van der Waals surface area contributed by atoms with Crippen LogP contribution in [-0.4, -0.2) is 39.3 Å². The Bertz CT molecular complexity index is 736. The van der Waals surface area contributed by atoms with Gasteiger partial charge in [0.05, 0.1) is 5.52 Å². The summed E-state index contributed by atoms with van der Waals surface area (Å²) >= 11 is 0.